The summed E-state index contributed by atoms with van der Waals surface area (Å²) in [5, 5.41) is 9.47. The number of hydrogen-bond acceptors (Lipinski definition) is 5. The fourth-order valence-corrected chi connectivity index (χ4v) is 5.05. The SMILES string of the molecule is CCn1c(SCc2cccc(F)c2)nnc1[C@H](C)NS(=O)(=O)c1ccc(Cl)cc1. The van der Waals surface area contributed by atoms with Gasteiger partial charge in [-0.15, -0.1) is 10.2 Å². The largest absolute Gasteiger partial charge is 0.305 e. The van der Waals surface area contributed by atoms with Crippen molar-refractivity contribution >= 4 is 33.4 Å². The number of nitrogens with one attached hydrogen (secondary N) is 1. The lowest BCUT2D eigenvalue weighted by molar-refractivity contribution is 0.539. The fraction of sp³-hybridized carbons (Fsp3) is 0.263. The van der Waals surface area contributed by atoms with E-state index in [1.165, 1.54) is 48.2 Å². The average Bonchev–Trinajstić information content (AvgIpc) is 3.09. The van der Waals surface area contributed by atoms with E-state index >= 15 is 0 Å². The van der Waals surface area contributed by atoms with Crippen LogP contribution in [0.4, 0.5) is 4.39 Å². The smallest absolute Gasteiger partial charge is 0.241 e. The standard InChI is InChI=1S/C19H20ClFN4O2S2/c1-3-25-18(13(2)24-29(26,27)17-9-7-15(20)8-10-17)22-23-19(25)28-12-14-5-4-6-16(21)11-14/h4-11,13,24H,3,12H2,1-2H3/t13-/m0/s1. The van der Waals surface area contributed by atoms with Gasteiger partial charge in [0.05, 0.1) is 10.9 Å². The van der Waals surface area contributed by atoms with Crippen molar-refractivity contribution in [1.29, 1.82) is 0 Å². The lowest BCUT2D eigenvalue weighted by Crippen LogP contribution is -2.29. The molecule has 10 heteroatoms. The van der Waals surface area contributed by atoms with E-state index in [1.807, 2.05) is 17.6 Å². The Morgan fingerprint density at radius 1 is 1.21 bits per heavy atom. The van der Waals surface area contributed by atoms with Crippen LogP contribution in [0, 0.1) is 5.82 Å². The van der Waals surface area contributed by atoms with Gasteiger partial charge in [-0.1, -0.05) is 35.5 Å². The third kappa shape index (κ3) is 5.36. The maximum absolute atomic E-state index is 13.4. The maximum atomic E-state index is 13.4. The van der Waals surface area contributed by atoms with Gasteiger partial charge in [0.2, 0.25) is 10.0 Å². The van der Waals surface area contributed by atoms with Gasteiger partial charge in [-0.05, 0) is 55.8 Å². The van der Waals surface area contributed by atoms with Gasteiger partial charge in [-0.2, -0.15) is 0 Å². The van der Waals surface area contributed by atoms with Gasteiger partial charge in [0.25, 0.3) is 0 Å². The van der Waals surface area contributed by atoms with E-state index in [4.69, 9.17) is 11.6 Å². The van der Waals surface area contributed by atoms with Crippen molar-refractivity contribution in [1.82, 2.24) is 19.5 Å². The molecule has 0 aliphatic rings. The molecule has 3 aromatic rings. The number of halogens is 2. The zero-order valence-corrected chi connectivity index (χ0v) is 18.2. The van der Waals surface area contributed by atoms with Crippen molar-refractivity contribution in [2.75, 3.05) is 0 Å². The van der Waals surface area contributed by atoms with Gasteiger partial charge in [0.1, 0.15) is 5.82 Å². The lowest BCUT2D eigenvalue weighted by Gasteiger charge is -2.15. The lowest BCUT2D eigenvalue weighted by atomic mass is 10.2. The number of benzene rings is 2. The van der Waals surface area contributed by atoms with Gasteiger partial charge in [0, 0.05) is 17.3 Å². The molecule has 1 N–H and O–H groups in total. The van der Waals surface area contributed by atoms with Crippen LogP contribution in [-0.4, -0.2) is 23.2 Å². The Hall–Kier alpha value is -1.94. The minimum atomic E-state index is -3.74. The van der Waals surface area contributed by atoms with Crippen LogP contribution in [0.5, 0.6) is 0 Å². The number of hydrogen-bond donors (Lipinski definition) is 1. The van der Waals surface area contributed by atoms with Gasteiger partial charge in [0.15, 0.2) is 11.0 Å². The molecule has 1 heterocycles. The first-order chi connectivity index (χ1) is 13.8. The van der Waals surface area contributed by atoms with Crippen LogP contribution in [0.1, 0.15) is 31.3 Å². The summed E-state index contributed by atoms with van der Waals surface area (Å²) >= 11 is 7.25. The molecule has 29 heavy (non-hydrogen) atoms. The second-order valence-electron chi connectivity index (χ2n) is 6.30. The van der Waals surface area contributed by atoms with E-state index in [-0.39, 0.29) is 10.7 Å². The van der Waals surface area contributed by atoms with E-state index in [0.717, 1.165) is 5.56 Å². The molecule has 0 aliphatic heterocycles. The number of thioether (sulfide) groups is 1. The zero-order valence-electron chi connectivity index (χ0n) is 15.8. The average molecular weight is 455 g/mol. The van der Waals surface area contributed by atoms with E-state index in [9.17, 15) is 12.8 Å². The first-order valence-corrected chi connectivity index (χ1v) is 11.7. The summed E-state index contributed by atoms with van der Waals surface area (Å²) in [6.07, 6.45) is 0. The molecule has 0 fully saturated rings. The van der Waals surface area contributed by atoms with Gasteiger partial charge in [-0.25, -0.2) is 17.5 Å². The maximum Gasteiger partial charge on any atom is 0.241 e. The number of aromatic nitrogens is 3. The third-order valence-corrected chi connectivity index (χ3v) is 7.01. The Morgan fingerprint density at radius 3 is 2.59 bits per heavy atom. The Bertz CT molecular complexity index is 1090. The molecule has 1 atom stereocenters. The normalized spacial score (nSPS) is 12.8. The van der Waals surface area contributed by atoms with Crippen molar-refractivity contribution in [2.45, 2.75) is 42.2 Å². The second kappa shape index (κ2) is 9.25. The summed E-state index contributed by atoms with van der Waals surface area (Å²) in [7, 11) is -3.74. The third-order valence-electron chi connectivity index (χ3n) is 4.16. The molecule has 3 rings (SSSR count). The molecule has 0 unspecified atom stereocenters. The summed E-state index contributed by atoms with van der Waals surface area (Å²) < 4.78 is 43.1. The molecular formula is C19H20ClFN4O2S2. The minimum Gasteiger partial charge on any atom is -0.305 e. The molecule has 0 aliphatic carbocycles. The zero-order chi connectivity index (χ0) is 21.0. The summed E-state index contributed by atoms with van der Waals surface area (Å²) in [4.78, 5) is 0.122. The van der Waals surface area contributed by atoms with Crippen molar-refractivity contribution in [3.63, 3.8) is 0 Å². The second-order valence-corrected chi connectivity index (χ2v) is 9.39. The highest BCUT2D eigenvalue weighted by Gasteiger charge is 2.23. The summed E-state index contributed by atoms with van der Waals surface area (Å²) in [5.74, 6) is 0.749. The predicted octanol–water partition coefficient (Wildman–Crippen LogP) is 4.42. The molecule has 0 saturated heterocycles. The van der Waals surface area contributed by atoms with Crippen LogP contribution < -0.4 is 4.72 Å². The first kappa shape index (κ1) is 21.8. The summed E-state index contributed by atoms with van der Waals surface area (Å²) in [5.41, 5.74) is 0.832. The monoisotopic (exact) mass is 454 g/mol. The van der Waals surface area contributed by atoms with E-state index < -0.39 is 16.1 Å². The molecule has 0 bridgehead atoms. The van der Waals surface area contributed by atoms with Crippen LogP contribution >= 0.6 is 23.4 Å². The quantitative estimate of drug-likeness (QED) is 0.510. The van der Waals surface area contributed by atoms with Crippen LogP contribution in [0.3, 0.4) is 0 Å². The molecule has 0 amide bonds. The molecule has 6 nitrogen and oxygen atoms in total. The van der Waals surface area contributed by atoms with Crippen molar-refractivity contribution in [3.8, 4) is 0 Å². The molecule has 154 valence electrons. The topological polar surface area (TPSA) is 76.9 Å². The Morgan fingerprint density at radius 2 is 1.93 bits per heavy atom. The Kier molecular flexibility index (Phi) is 6.94. The van der Waals surface area contributed by atoms with E-state index in [1.54, 1.807) is 13.0 Å². The van der Waals surface area contributed by atoms with Crippen LogP contribution in [0.2, 0.25) is 5.02 Å². The highest BCUT2D eigenvalue weighted by atomic mass is 35.5. The van der Waals surface area contributed by atoms with E-state index in [0.29, 0.717) is 28.3 Å². The summed E-state index contributed by atoms with van der Waals surface area (Å²) in [6.45, 7) is 4.21. The molecule has 0 radical (unpaired) electrons. The number of sulfonamides is 1. The summed E-state index contributed by atoms with van der Waals surface area (Å²) in [6, 6.07) is 11.7. The van der Waals surface area contributed by atoms with Gasteiger partial charge in [-0.3, -0.25) is 0 Å². The molecule has 2 aromatic carbocycles. The van der Waals surface area contributed by atoms with Crippen molar-refractivity contribution in [2.24, 2.45) is 0 Å². The predicted molar refractivity (Wildman–Crippen MR) is 112 cm³/mol. The Labute approximate surface area is 178 Å². The van der Waals surface area contributed by atoms with Crippen LogP contribution in [0.25, 0.3) is 0 Å². The molecule has 0 saturated carbocycles. The Balaban J connectivity index is 1.75. The number of nitrogens with zero attached hydrogens (tertiary/aromatic N) is 3. The van der Waals surface area contributed by atoms with Gasteiger partial charge >= 0.3 is 0 Å². The van der Waals surface area contributed by atoms with Crippen molar-refractivity contribution in [3.05, 3.63) is 70.8 Å². The van der Waals surface area contributed by atoms with E-state index in [2.05, 4.69) is 14.9 Å². The fourth-order valence-electron chi connectivity index (χ4n) is 2.77. The van der Waals surface area contributed by atoms with Crippen LogP contribution in [0.15, 0.2) is 58.6 Å². The number of rotatable bonds is 8. The molecule has 0 spiro atoms. The highest BCUT2D eigenvalue weighted by Crippen LogP contribution is 2.25. The molecular weight excluding hydrogens is 435 g/mol. The first-order valence-electron chi connectivity index (χ1n) is 8.88. The minimum absolute atomic E-state index is 0.122. The highest BCUT2D eigenvalue weighted by molar-refractivity contribution is 7.98. The van der Waals surface area contributed by atoms with Gasteiger partial charge < -0.3 is 4.57 Å². The molecule has 1 aromatic heterocycles. The van der Waals surface area contributed by atoms with Crippen LogP contribution in [-0.2, 0) is 22.3 Å². The van der Waals surface area contributed by atoms with Crippen molar-refractivity contribution < 1.29 is 12.8 Å².